The van der Waals surface area contributed by atoms with Crippen LogP contribution in [0.15, 0.2) is 67.1 Å². The second-order valence-electron chi connectivity index (χ2n) is 6.57. The number of benzene rings is 2. The molecule has 2 heterocycles. The molecule has 28 heavy (non-hydrogen) atoms. The van der Waals surface area contributed by atoms with Crippen molar-refractivity contribution >= 4 is 23.2 Å². The zero-order chi connectivity index (χ0) is 19.5. The lowest BCUT2D eigenvalue weighted by atomic mass is 10.1. The summed E-state index contributed by atoms with van der Waals surface area (Å²) in [6, 6.07) is 15.3. The topological polar surface area (TPSA) is 71.3 Å². The van der Waals surface area contributed by atoms with Gasteiger partial charge >= 0.3 is 6.03 Å². The van der Waals surface area contributed by atoms with Gasteiger partial charge in [-0.25, -0.2) is 14.8 Å². The number of rotatable bonds is 4. The molecule has 6 nitrogen and oxygen atoms in total. The molecule has 2 N–H and O–H groups in total. The van der Waals surface area contributed by atoms with Gasteiger partial charge in [-0.1, -0.05) is 37.3 Å². The highest BCUT2D eigenvalue weighted by molar-refractivity contribution is 6.01. The molecule has 0 aliphatic heterocycles. The Kier molecular flexibility index (Phi) is 4.76. The highest BCUT2D eigenvalue weighted by Gasteiger charge is 2.10. The van der Waals surface area contributed by atoms with Crippen LogP contribution in [0.5, 0.6) is 0 Å². The smallest absolute Gasteiger partial charge is 0.307 e. The number of anilines is 2. The summed E-state index contributed by atoms with van der Waals surface area (Å²) in [6.07, 6.45) is 6.40. The van der Waals surface area contributed by atoms with Crippen LogP contribution in [0.3, 0.4) is 0 Å². The third-order valence-electron chi connectivity index (χ3n) is 4.66. The molecule has 6 heteroatoms. The molecule has 4 rings (SSSR count). The Balaban J connectivity index is 1.58. The number of aryl methyl sites for hydroxylation is 2. The average Bonchev–Trinajstić information content (AvgIpc) is 3.14. The Hall–Kier alpha value is -3.67. The van der Waals surface area contributed by atoms with E-state index < -0.39 is 0 Å². The lowest BCUT2D eigenvalue weighted by Gasteiger charge is -2.13. The lowest BCUT2D eigenvalue weighted by Crippen LogP contribution is -2.20. The fraction of sp³-hybridized carbons (Fsp3) is 0.136. The van der Waals surface area contributed by atoms with Gasteiger partial charge in [-0.05, 0) is 42.7 Å². The molecular formula is C22H21N5O. The number of hydrogen-bond acceptors (Lipinski definition) is 3. The van der Waals surface area contributed by atoms with Gasteiger partial charge in [0.25, 0.3) is 0 Å². The zero-order valence-corrected chi connectivity index (χ0v) is 15.8. The van der Waals surface area contributed by atoms with Gasteiger partial charge in [-0.2, -0.15) is 0 Å². The Morgan fingerprint density at radius 1 is 1.07 bits per heavy atom. The van der Waals surface area contributed by atoms with Crippen molar-refractivity contribution in [3.8, 4) is 11.3 Å². The molecule has 0 spiro atoms. The van der Waals surface area contributed by atoms with Gasteiger partial charge in [0, 0.05) is 35.5 Å². The van der Waals surface area contributed by atoms with Crippen molar-refractivity contribution in [1.29, 1.82) is 0 Å². The summed E-state index contributed by atoms with van der Waals surface area (Å²) < 4.78 is 1.87. The molecule has 0 atom stereocenters. The van der Waals surface area contributed by atoms with Gasteiger partial charge in [-0.15, -0.1) is 0 Å². The minimum atomic E-state index is -0.266. The number of amides is 2. The number of urea groups is 1. The van der Waals surface area contributed by atoms with E-state index in [2.05, 4.69) is 27.5 Å². The Labute approximate surface area is 163 Å². The monoisotopic (exact) mass is 371 g/mol. The van der Waals surface area contributed by atoms with Crippen LogP contribution in [-0.2, 0) is 6.42 Å². The summed E-state index contributed by atoms with van der Waals surface area (Å²) in [5.41, 5.74) is 5.36. The molecule has 0 saturated heterocycles. The maximum atomic E-state index is 12.5. The number of nitrogens with zero attached hydrogens (tertiary/aromatic N) is 3. The molecule has 0 unspecified atom stereocenters. The van der Waals surface area contributed by atoms with Gasteiger partial charge in [0.2, 0.25) is 5.78 Å². The molecule has 0 radical (unpaired) electrons. The lowest BCUT2D eigenvalue weighted by molar-refractivity contribution is 0.262. The SMILES string of the molecule is CCc1ccccc1NC(=O)Nc1cc(-c2cn3cccnc3n2)ccc1C. The van der Waals surface area contributed by atoms with E-state index >= 15 is 0 Å². The van der Waals surface area contributed by atoms with Crippen molar-refractivity contribution in [3.05, 3.63) is 78.2 Å². The molecule has 0 bridgehead atoms. The summed E-state index contributed by atoms with van der Waals surface area (Å²) in [4.78, 5) is 21.3. The van der Waals surface area contributed by atoms with Gasteiger partial charge in [0.05, 0.1) is 5.69 Å². The summed E-state index contributed by atoms with van der Waals surface area (Å²) in [6.45, 7) is 4.03. The molecule has 0 aliphatic carbocycles. The van der Waals surface area contributed by atoms with E-state index in [1.165, 1.54) is 0 Å². The quantitative estimate of drug-likeness (QED) is 0.535. The molecule has 4 aromatic rings. The summed E-state index contributed by atoms with van der Waals surface area (Å²) >= 11 is 0. The molecule has 0 aliphatic rings. The van der Waals surface area contributed by atoms with E-state index in [1.54, 1.807) is 6.20 Å². The minimum absolute atomic E-state index is 0.266. The fourth-order valence-corrected chi connectivity index (χ4v) is 3.11. The van der Waals surface area contributed by atoms with Crippen molar-refractivity contribution in [1.82, 2.24) is 14.4 Å². The number of nitrogens with one attached hydrogen (secondary N) is 2. The Morgan fingerprint density at radius 3 is 2.71 bits per heavy atom. The largest absolute Gasteiger partial charge is 0.323 e. The van der Waals surface area contributed by atoms with Gasteiger partial charge in [0.1, 0.15) is 0 Å². The third-order valence-corrected chi connectivity index (χ3v) is 4.66. The Bertz CT molecular complexity index is 1120. The first-order chi connectivity index (χ1) is 13.6. The molecule has 2 aromatic carbocycles. The minimum Gasteiger partial charge on any atom is -0.307 e. The van der Waals surface area contributed by atoms with Crippen molar-refractivity contribution in [2.24, 2.45) is 0 Å². The van der Waals surface area contributed by atoms with Gasteiger partial charge < -0.3 is 10.6 Å². The van der Waals surface area contributed by atoms with Crippen molar-refractivity contribution < 1.29 is 4.79 Å². The number of carbonyl (C=O) groups is 1. The average molecular weight is 371 g/mol. The number of carbonyl (C=O) groups excluding carboxylic acids is 1. The second kappa shape index (κ2) is 7.52. The van der Waals surface area contributed by atoms with Gasteiger partial charge in [-0.3, -0.25) is 4.40 Å². The van der Waals surface area contributed by atoms with Crippen LogP contribution in [-0.4, -0.2) is 20.4 Å². The van der Waals surface area contributed by atoms with Crippen LogP contribution in [0.1, 0.15) is 18.1 Å². The predicted molar refractivity (Wildman–Crippen MR) is 112 cm³/mol. The van der Waals surface area contributed by atoms with E-state index in [1.807, 2.05) is 72.2 Å². The maximum Gasteiger partial charge on any atom is 0.323 e. The van der Waals surface area contributed by atoms with E-state index in [0.29, 0.717) is 5.78 Å². The summed E-state index contributed by atoms with van der Waals surface area (Å²) in [5.74, 6) is 0.640. The second-order valence-corrected chi connectivity index (χ2v) is 6.57. The van der Waals surface area contributed by atoms with Crippen LogP contribution >= 0.6 is 0 Å². The molecule has 0 fully saturated rings. The van der Waals surface area contributed by atoms with Crippen molar-refractivity contribution in [2.45, 2.75) is 20.3 Å². The normalized spacial score (nSPS) is 10.8. The van der Waals surface area contributed by atoms with E-state index in [0.717, 1.165) is 40.2 Å². The molecule has 0 saturated carbocycles. The fourth-order valence-electron chi connectivity index (χ4n) is 3.11. The molecular weight excluding hydrogens is 350 g/mol. The Morgan fingerprint density at radius 2 is 1.89 bits per heavy atom. The zero-order valence-electron chi connectivity index (χ0n) is 15.8. The number of para-hydroxylation sites is 1. The third kappa shape index (κ3) is 3.57. The van der Waals surface area contributed by atoms with Crippen molar-refractivity contribution in [3.63, 3.8) is 0 Å². The number of fused-ring (bicyclic) bond motifs is 1. The number of aromatic nitrogens is 3. The van der Waals surface area contributed by atoms with Crippen LogP contribution < -0.4 is 10.6 Å². The van der Waals surface area contributed by atoms with E-state index in [9.17, 15) is 4.79 Å². The summed E-state index contributed by atoms with van der Waals surface area (Å²) in [5, 5.41) is 5.89. The molecule has 2 amide bonds. The highest BCUT2D eigenvalue weighted by atomic mass is 16.2. The summed E-state index contributed by atoms with van der Waals surface area (Å²) in [7, 11) is 0. The first-order valence-electron chi connectivity index (χ1n) is 9.20. The van der Waals surface area contributed by atoms with Crippen LogP contribution in [0, 0.1) is 6.92 Å². The maximum absolute atomic E-state index is 12.5. The van der Waals surface area contributed by atoms with Gasteiger partial charge in [0.15, 0.2) is 0 Å². The highest BCUT2D eigenvalue weighted by Crippen LogP contribution is 2.25. The standard InChI is InChI=1S/C22H21N5O/c1-3-16-7-4-5-8-18(16)25-22(28)26-19-13-17(10-9-15(19)2)20-14-27-12-6-11-23-21(27)24-20/h4-14H,3H2,1-2H3,(H2,25,26,28). The molecule has 2 aromatic heterocycles. The number of hydrogen-bond donors (Lipinski definition) is 2. The predicted octanol–water partition coefficient (Wildman–Crippen LogP) is 4.91. The molecule has 140 valence electrons. The van der Waals surface area contributed by atoms with E-state index in [-0.39, 0.29) is 6.03 Å². The van der Waals surface area contributed by atoms with Crippen LogP contribution in [0.25, 0.3) is 17.0 Å². The van der Waals surface area contributed by atoms with Crippen LogP contribution in [0.2, 0.25) is 0 Å². The van der Waals surface area contributed by atoms with Crippen LogP contribution in [0.4, 0.5) is 16.2 Å². The first-order valence-corrected chi connectivity index (χ1v) is 9.20. The number of imidazole rings is 1. The van der Waals surface area contributed by atoms with E-state index in [4.69, 9.17) is 0 Å². The first kappa shape index (κ1) is 17.7. The van der Waals surface area contributed by atoms with Crippen molar-refractivity contribution in [2.75, 3.05) is 10.6 Å².